The lowest BCUT2D eigenvalue weighted by atomic mass is 9.94. The second-order valence-corrected chi connectivity index (χ2v) is 13.5. The number of nitrogens with zero attached hydrogens (tertiary/aromatic N) is 9. The van der Waals surface area contributed by atoms with Gasteiger partial charge < -0.3 is 14.4 Å². The number of benzene rings is 2. The summed E-state index contributed by atoms with van der Waals surface area (Å²) in [7, 11) is 5.51. The number of para-hydroxylation sites is 1. The van der Waals surface area contributed by atoms with Gasteiger partial charge in [0.15, 0.2) is 11.3 Å². The van der Waals surface area contributed by atoms with Gasteiger partial charge in [0, 0.05) is 55.2 Å². The molecule has 2 fully saturated rings. The number of fused-ring (bicyclic) bond motifs is 4. The lowest BCUT2D eigenvalue weighted by Crippen LogP contribution is -2.46. The molecule has 0 spiro atoms. The van der Waals surface area contributed by atoms with E-state index < -0.39 is 5.82 Å². The zero-order chi connectivity index (χ0) is 35.1. The van der Waals surface area contributed by atoms with Crippen LogP contribution in [0.1, 0.15) is 50.6 Å². The summed E-state index contributed by atoms with van der Waals surface area (Å²) in [4.78, 5) is 22.0. The number of rotatable bonds is 9. The number of carbonyl (C=O) groups excluding carboxylic acids is 1. The largest absolute Gasteiger partial charge is 0.471 e. The Hall–Kier alpha value is -4.93. The maximum absolute atomic E-state index is 17.2. The minimum Gasteiger partial charge on any atom is -0.471 e. The minimum atomic E-state index is -0.486. The summed E-state index contributed by atoms with van der Waals surface area (Å²) >= 11 is 0. The van der Waals surface area contributed by atoms with E-state index >= 15 is 4.39 Å². The number of pyridine rings is 1. The number of carbonyl (C=O) groups is 1. The molecule has 2 aliphatic heterocycles. The van der Waals surface area contributed by atoms with Crippen LogP contribution >= 0.6 is 0 Å². The Bertz CT molecular complexity index is 2150. The van der Waals surface area contributed by atoms with E-state index in [2.05, 4.69) is 28.3 Å². The van der Waals surface area contributed by atoms with Gasteiger partial charge >= 0.3 is 0 Å². The number of aryl methyl sites for hydroxylation is 2. The molecule has 13 heteroatoms. The van der Waals surface area contributed by atoms with E-state index in [9.17, 15) is 10.1 Å². The molecule has 0 N–H and O–H groups in total. The summed E-state index contributed by atoms with van der Waals surface area (Å²) in [5.74, 6) is -0.414. The van der Waals surface area contributed by atoms with Gasteiger partial charge in [-0.3, -0.25) is 14.4 Å². The van der Waals surface area contributed by atoms with Crippen LogP contribution in [0.25, 0.3) is 44.1 Å². The maximum Gasteiger partial charge on any atom is 0.246 e. The van der Waals surface area contributed by atoms with E-state index in [4.69, 9.17) is 19.6 Å². The summed E-state index contributed by atoms with van der Waals surface area (Å²) in [6, 6.07) is 11.6. The Morgan fingerprint density at radius 1 is 1.18 bits per heavy atom. The van der Waals surface area contributed by atoms with Crippen molar-refractivity contribution in [3.8, 4) is 23.2 Å². The van der Waals surface area contributed by atoms with Crippen molar-refractivity contribution in [2.24, 2.45) is 7.05 Å². The molecule has 7 rings (SSSR count). The molecule has 2 saturated heterocycles. The molecule has 5 aromatic rings. The molecule has 3 aromatic heterocycles. The Morgan fingerprint density at radius 3 is 2.76 bits per heavy atom. The van der Waals surface area contributed by atoms with Gasteiger partial charge in [0.05, 0.1) is 30.7 Å². The van der Waals surface area contributed by atoms with Crippen molar-refractivity contribution in [1.82, 2.24) is 39.6 Å². The smallest absolute Gasteiger partial charge is 0.246 e. The van der Waals surface area contributed by atoms with E-state index in [0.29, 0.717) is 59.2 Å². The van der Waals surface area contributed by atoms with Crippen LogP contribution in [0.5, 0.6) is 5.88 Å². The Morgan fingerprint density at radius 2 is 2.00 bits per heavy atom. The van der Waals surface area contributed by atoms with Gasteiger partial charge in [0.2, 0.25) is 11.8 Å². The molecule has 5 heterocycles. The standard InChI is InChI=1S/C37H42FN9O3/c1-22-20-27-34(32(38)31(22)33-26-10-6-7-11-29(26)45(4)42-33)40-37(50-23(2)28-12-8-17-44(28)3)35-36(27)47(43-41-35)25-15-18-46(24(21-25)14-16-39)30(48)13-9-19-49-5/h6-7,9-11,13,20,23-25,28H,8,12,14-15,17-19,21H2,1-5H3/b13-9+/t23?,24-,25+,28+/m1/s1. The van der Waals surface area contributed by atoms with Gasteiger partial charge in [-0.1, -0.05) is 29.5 Å². The molecule has 0 aliphatic carbocycles. The number of piperidine rings is 1. The molecule has 2 aliphatic rings. The first-order valence-corrected chi connectivity index (χ1v) is 17.2. The first kappa shape index (κ1) is 33.6. The van der Waals surface area contributed by atoms with Crippen LogP contribution in [0, 0.1) is 24.1 Å². The number of hydrogen-bond donors (Lipinski definition) is 0. The average molecular weight is 680 g/mol. The quantitative estimate of drug-likeness (QED) is 0.186. The number of halogens is 1. The summed E-state index contributed by atoms with van der Waals surface area (Å²) in [5, 5.41) is 25.1. The van der Waals surface area contributed by atoms with Crippen LogP contribution in [0.4, 0.5) is 4.39 Å². The van der Waals surface area contributed by atoms with Crippen molar-refractivity contribution in [3.63, 3.8) is 0 Å². The molecule has 0 saturated carbocycles. The van der Waals surface area contributed by atoms with Crippen molar-refractivity contribution >= 4 is 38.7 Å². The van der Waals surface area contributed by atoms with Crippen LogP contribution in [-0.2, 0) is 16.6 Å². The van der Waals surface area contributed by atoms with Crippen molar-refractivity contribution in [2.75, 3.05) is 33.9 Å². The number of aromatic nitrogens is 6. The lowest BCUT2D eigenvalue weighted by molar-refractivity contribution is -0.130. The second-order valence-electron chi connectivity index (χ2n) is 13.5. The van der Waals surface area contributed by atoms with E-state index in [1.54, 1.807) is 22.8 Å². The fourth-order valence-electron chi connectivity index (χ4n) is 7.89. The van der Waals surface area contributed by atoms with Crippen molar-refractivity contribution < 1.29 is 18.7 Å². The molecule has 12 nitrogen and oxygen atoms in total. The molecule has 260 valence electrons. The third-order valence-electron chi connectivity index (χ3n) is 10.4. The first-order valence-electron chi connectivity index (χ1n) is 17.2. The fourth-order valence-corrected chi connectivity index (χ4v) is 7.89. The number of ether oxygens (including phenoxy) is 2. The van der Waals surface area contributed by atoms with E-state index in [1.165, 1.54) is 6.08 Å². The van der Waals surface area contributed by atoms with E-state index in [0.717, 1.165) is 30.3 Å². The highest BCUT2D eigenvalue weighted by Gasteiger charge is 2.35. The zero-order valence-electron chi connectivity index (χ0n) is 29.1. The number of hydrogen-bond acceptors (Lipinski definition) is 9. The highest BCUT2D eigenvalue weighted by Crippen LogP contribution is 2.41. The van der Waals surface area contributed by atoms with Crippen molar-refractivity contribution in [2.45, 2.75) is 70.2 Å². The Kier molecular flexibility index (Phi) is 9.24. The van der Waals surface area contributed by atoms with Gasteiger partial charge in [0.1, 0.15) is 22.8 Å². The Balaban J connectivity index is 1.37. The van der Waals surface area contributed by atoms with Crippen LogP contribution in [0.3, 0.4) is 0 Å². The maximum atomic E-state index is 17.2. The molecule has 50 heavy (non-hydrogen) atoms. The monoisotopic (exact) mass is 679 g/mol. The molecule has 2 aromatic carbocycles. The van der Waals surface area contributed by atoms with Gasteiger partial charge in [-0.05, 0) is 70.8 Å². The SMILES string of the molecule is COC/C=C/C(=O)N1CC[C@H](n2nnc3c(OC(C)[C@@H]4CCCN4C)nc4c(F)c(-c5nn(C)c6ccccc56)c(C)cc4c32)C[C@H]1CC#N. The van der Waals surface area contributed by atoms with E-state index in [-0.39, 0.29) is 48.0 Å². The highest BCUT2D eigenvalue weighted by atomic mass is 19.1. The molecule has 1 unspecified atom stereocenters. The topological polar surface area (TPSA) is 127 Å². The van der Waals surface area contributed by atoms with Crippen molar-refractivity contribution in [1.29, 1.82) is 5.26 Å². The zero-order valence-corrected chi connectivity index (χ0v) is 29.1. The molecule has 0 radical (unpaired) electrons. The summed E-state index contributed by atoms with van der Waals surface area (Å²) in [6.07, 6.45) is 6.24. The highest BCUT2D eigenvalue weighted by molar-refractivity contribution is 6.07. The van der Waals surface area contributed by atoms with E-state index in [1.807, 2.05) is 55.9 Å². The molecular formula is C37H42FN9O3. The molecular weight excluding hydrogens is 637 g/mol. The summed E-state index contributed by atoms with van der Waals surface area (Å²) < 4.78 is 32.4. The fraction of sp³-hybridized carbons (Fsp3) is 0.459. The average Bonchev–Trinajstić information content (AvgIpc) is 3.83. The summed E-state index contributed by atoms with van der Waals surface area (Å²) in [5.41, 5.74) is 3.77. The summed E-state index contributed by atoms with van der Waals surface area (Å²) in [6.45, 7) is 5.64. The van der Waals surface area contributed by atoms with Crippen LogP contribution in [-0.4, -0.2) is 97.5 Å². The number of likely N-dealkylation sites (tertiary alicyclic amines) is 2. The van der Waals surface area contributed by atoms with Crippen LogP contribution < -0.4 is 4.74 Å². The third-order valence-corrected chi connectivity index (χ3v) is 10.4. The number of amides is 1. The number of methoxy groups -OCH3 is 1. The molecule has 1 amide bonds. The van der Waals surface area contributed by atoms with Gasteiger partial charge in [0.25, 0.3) is 0 Å². The first-order chi connectivity index (χ1) is 24.2. The number of likely N-dealkylation sites (N-methyl/N-ethyl adjacent to an activating group) is 1. The molecule has 4 atom stereocenters. The van der Waals surface area contributed by atoms with Gasteiger partial charge in [-0.15, -0.1) is 5.10 Å². The predicted octanol–water partition coefficient (Wildman–Crippen LogP) is 5.49. The third kappa shape index (κ3) is 5.86. The second kappa shape index (κ2) is 13.8. The lowest BCUT2D eigenvalue weighted by Gasteiger charge is -2.38. The predicted molar refractivity (Wildman–Crippen MR) is 188 cm³/mol. The minimum absolute atomic E-state index is 0.155. The van der Waals surface area contributed by atoms with Crippen LogP contribution in [0.2, 0.25) is 0 Å². The van der Waals surface area contributed by atoms with Gasteiger partial charge in [-0.2, -0.15) is 10.4 Å². The van der Waals surface area contributed by atoms with Crippen molar-refractivity contribution in [3.05, 3.63) is 53.9 Å². The normalized spacial score (nSPS) is 20.7. The Labute approximate surface area is 290 Å². The van der Waals surface area contributed by atoms with Crippen LogP contribution in [0.15, 0.2) is 42.5 Å². The number of nitriles is 1. The molecule has 0 bridgehead atoms. The van der Waals surface area contributed by atoms with Gasteiger partial charge in [-0.25, -0.2) is 14.1 Å².